The van der Waals surface area contributed by atoms with Crippen LogP contribution in [0, 0.1) is 0 Å². The summed E-state index contributed by atoms with van der Waals surface area (Å²) in [5.41, 5.74) is -0.464. The van der Waals surface area contributed by atoms with Crippen molar-refractivity contribution in [2.24, 2.45) is 0 Å². The van der Waals surface area contributed by atoms with Crippen molar-refractivity contribution in [1.29, 1.82) is 0 Å². The highest BCUT2D eigenvalue weighted by molar-refractivity contribution is 7.09. The number of nitrogens with zero attached hydrogens (tertiary/aromatic N) is 6. The average molecular weight is 417 g/mol. The third kappa shape index (κ3) is 3.72. The number of aromatic nitrogens is 3. The number of thiazole rings is 1. The van der Waals surface area contributed by atoms with Gasteiger partial charge in [0.1, 0.15) is 16.4 Å². The fraction of sp³-hybridized carbons (Fsp3) is 0.650. The molecule has 0 N–H and O–H groups in total. The van der Waals surface area contributed by atoms with Crippen LogP contribution >= 0.6 is 11.3 Å². The van der Waals surface area contributed by atoms with Crippen LogP contribution in [0.15, 0.2) is 24.0 Å². The quantitative estimate of drug-likeness (QED) is 0.744. The van der Waals surface area contributed by atoms with Gasteiger partial charge in [0, 0.05) is 63.2 Å². The van der Waals surface area contributed by atoms with Crippen molar-refractivity contribution in [3.8, 4) is 0 Å². The largest absolute Gasteiger partial charge is 0.352 e. The molecule has 0 radical (unpaired) electrons. The molecule has 3 aliphatic rings. The van der Waals surface area contributed by atoms with Gasteiger partial charge in [0.15, 0.2) is 6.10 Å². The van der Waals surface area contributed by atoms with E-state index < -0.39 is 11.7 Å². The van der Waals surface area contributed by atoms with Gasteiger partial charge in [0.2, 0.25) is 0 Å². The molecular formula is C20H28N6O2S. The molecule has 9 heteroatoms. The van der Waals surface area contributed by atoms with Gasteiger partial charge in [-0.25, -0.2) is 9.97 Å². The Kier molecular flexibility index (Phi) is 5.15. The standard InChI is InChI=1S/C20H28N6O2S/c1-23-9-11-25(12-10-23)18(27)16-14-26-8-4-22-19(26)20(28-16)2-6-24(7-3-20)15-17-21-5-13-29-17/h4-5,8,13,16H,2-3,6-7,9-12,14-15H2,1H3/t16-/m1/s1. The Bertz CT molecular complexity index is 837. The summed E-state index contributed by atoms with van der Waals surface area (Å²) in [5, 5.41) is 3.17. The van der Waals surface area contributed by atoms with Gasteiger partial charge in [-0.1, -0.05) is 0 Å². The van der Waals surface area contributed by atoms with E-state index >= 15 is 0 Å². The lowest BCUT2D eigenvalue weighted by atomic mass is 9.88. The topological polar surface area (TPSA) is 66.7 Å². The number of amides is 1. The minimum Gasteiger partial charge on any atom is -0.352 e. The van der Waals surface area contributed by atoms with Crippen LogP contribution in [0.4, 0.5) is 0 Å². The van der Waals surface area contributed by atoms with E-state index in [4.69, 9.17) is 4.74 Å². The summed E-state index contributed by atoms with van der Waals surface area (Å²) < 4.78 is 8.73. The van der Waals surface area contributed by atoms with Gasteiger partial charge in [0.25, 0.3) is 5.91 Å². The van der Waals surface area contributed by atoms with Crippen molar-refractivity contribution >= 4 is 17.2 Å². The second kappa shape index (κ2) is 7.79. The number of piperazine rings is 1. The number of piperidine rings is 1. The SMILES string of the molecule is CN1CCN(C(=O)[C@H]2Cn3ccnc3C3(CCN(Cc4nccs4)CC3)O2)CC1. The maximum atomic E-state index is 13.2. The van der Waals surface area contributed by atoms with Gasteiger partial charge in [-0.2, -0.15) is 0 Å². The minimum atomic E-state index is -0.464. The molecule has 2 aromatic rings. The van der Waals surface area contributed by atoms with E-state index in [-0.39, 0.29) is 5.91 Å². The number of ether oxygens (including phenoxy) is 1. The average Bonchev–Trinajstić information content (AvgIpc) is 3.42. The Morgan fingerprint density at radius 2 is 1.97 bits per heavy atom. The van der Waals surface area contributed by atoms with Crippen molar-refractivity contribution in [1.82, 2.24) is 29.2 Å². The summed E-state index contributed by atoms with van der Waals surface area (Å²) >= 11 is 1.70. The number of likely N-dealkylation sites (tertiary alicyclic amines) is 1. The molecule has 2 aromatic heterocycles. The minimum absolute atomic E-state index is 0.127. The highest BCUT2D eigenvalue weighted by Gasteiger charge is 2.47. The number of carbonyl (C=O) groups excluding carboxylic acids is 1. The highest BCUT2D eigenvalue weighted by atomic mass is 32.1. The predicted molar refractivity (Wildman–Crippen MR) is 109 cm³/mol. The first kappa shape index (κ1) is 19.2. The first-order valence-electron chi connectivity index (χ1n) is 10.4. The van der Waals surface area contributed by atoms with Crippen LogP contribution in [0.2, 0.25) is 0 Å². The first-order valence-corrected chi connectivity index (χ1v) is 11.3. The summed E-state index contributed by atoms with van der Waals surface area (Å²) in [4.78, 5) is 28.9. The Morgan fingerprint density at radius 3 is 2.69 bits per heavy atom. The number of fused-ring (bicyclic) bond motifs is 2. The smallest absolute Gasteiger partial charge is 0.253 e. The van der Waals surface area contributed by atoms with Gasteiger partial charge in [0.05, 0.1) is 13.1 Å². The molecule has 5 heterocycles. The fourth-order valence-electron chi connectivity index (χ4n) is 4.69. The van der Waals surface area contributed by atoms with Crippen LogP contribution in [-0.2, 0) is 28.2 Å². The molecule has 156 valence electrons. The molecule has 29 heavy (non-hydrogen) atoms. The van der Waals surface area contributed by atoms with E-state index in [1.165, 1.54) is 0 Å². The molecule has 2 fully saturated rings. The Balaban J connectivity index is 1.30. The van der Waals surface area contributed by atoms with E-state index in [9.17, 15) is 4.79 Å². The summed E-state index contributed by atoms with van der Waals surface area (Å²) in [7, 11) is 2.10. The van der Waals surface area contributed by atoms with Gasteiger partial charge < -0.3 is 19.1 Å². The lowest BCUT2D eigenvalue weighted by Gasteiger charge is -2.46. The molecule has 0 aromatic carbocycles. The molecule has 0 aliphatic carbocycles. The van der Waals surface area contributed by atoms with E-state index in [1.54, 1.807) is 11.3 Å². The van der Waals surface area contributed by atoms with Crippen molar-refractivity contribution in [3.05, 3.63) is 34.8 Å². The van der Waals surface area contributed by atoms with Gasteiger partial charge in [-0.3, -0.25) is 9.69 Å². The van der Waals surface area contributed by atoms with E-state index in [0.717, 1.165) is 69.5 Å². The Labute approximate surface area is 175 Å². The lowest BCUT2D eigenvalue weighted by molar-refractivity contribution is -0.182. The molecule has 1 amide bonds. The molecule has 1 spiro atoms. The summed E-state index contributed by atoms with van der Waals surface area (Å²) in [6, 6.07) is 0. The van der Waals surface area contributed by atoms with Crippen LogP contribution < -0.4 is 0 Å². The van der Waals surface area contributed by atoms with Gasteiger partial charge in [-0.05, 0) is 19.9 Å². The number of hydrogen-bond acceptors (Lipinski definition) is 7. The van der Waals surface area contributed by atoms with Crippen LogP contribution in [0.1, 0.15) is 23.7 Å². The molecule has 0 bridgehead atoms. The second-order valence-electron chi connectivity index (χ2n) is 8.33. The second-order valence-corrected chi connectivity index (χ2v) is 9.31. The molecule has 2 saturated heterocycles. The number of hydrogen-bond donors (Lipinski definition) is 0. The number of carbonyl (C=O) groups is 1. The van der Waals surface area contributed by atoms with Crippen LogP contribution in [0.5, 0.6) is 0 Å². The normalized spacial score (nSPS) is 25.3. The maximum Gasteiger partial charge on any atom is 0.253 e. The molecule has 5 rings (SSSR count). The molecule has 1 atom stereocenters. The zero-order chi connectivity index (χ0) is 19.8. The molecular weight excluding hydrogens is 388 g/mol. The maximum absolute atomic E-state index is 13.2. The number of likely N-dealkylation sites (N-methyl/N-ethyl adjacent to an activating group) is 1. The molecule has 0 unspecified atom stereocenters. The molecule has 0 saturated carbocycles. The summed E-state index contributed by atoms with van der Waals surface area (Å²) in [6.45, 7) is 6.68. The summed E-state index contributed by atoms with van der Waals surface area (Å²) in [5.74, 6) is 1.11. The van der Waals surface area contributed by atoms with Crippen molar-refractivity contribution in [2.75, 3.05) is 46.3 Å². The Morgan fingerprint density at radius 1 is 1.17 bits per heavy atom. The highest BCUT2D eigenvalue weighted by Crippen LogP contribution is 2.40. The monoisotopic (exact) mass is 416 g/mol. The van der Waals surface area contributed by atoms with E-state index in [0.29, 0.717) is 6.54 Å². The van der Waals surface area contributed by atoms with Crippen LogP contribution in [0.3, 0.4) is 0 Å². The molecule has 8 nitrogen and oxygen atoms in total. The van der Waals surface area contributed by atoms with Gasteiger partial charge in [-0.15, -0.1) is 11.3 Å². The van der Waals surface area contributed by atoms with Crippen LogP contribution in [0.25, 0.3) is 0 Å². The van der Waals surface area contributed by atoms with E-state index in [1.807, 2.05) is 28.9 Å². The fourth-order valence-corrected chi connectivity index (χ4v) is 5.35. The van der Waals surface area contributed by atoms with E-state index in [2.05, 4.69) is 31.4 Å². The number of rotatable bonds is 3. The third-order valence-corrected chi connectivity index (χ3v) is 7.21. The zero-order valence-corrected chi connectivity index (χ0v) is 17.7. The summed E-state index contributed by atoms with van der Waals surface area (Å²) in [6.07, 6.45) is 6.97. The lowest BCUT2D eigenvalue weighted by Crippen LogP contribution is -2.56. The van der Waals surface area contributed by atoms with Crippen molar-refractivity contribution < 1.29 is 9.53 Å². The zero-order valence-electron chi connectivity index (χ0n) is 16.9. The predicted octanol–water partition coefficient (Wildman–Crippen LogP) is 1.00. The molecule has 3 aliphatic heterocycles. The van der Waals surface area contributed by atoms with Crippen LogP contribution in [-0.4, -0.2) is 87.6 Å². The number of imidazole rings is 1. The van der Waals surface area contributed by atoms with Gasteiger partial charge >= 0.3 is 0 Å². The van der Waals surface area contributed by atoms with Crippen molar-refractivity contribution in [3.63, 3.8) is 0 Å². The third-order valence-electron chi connectivity index (χ3n) is 6.45. The Hall–Kier alpha value is -1.81. The van der Waals surface area contributed by atoms with Crippen molar-refractivity contribution in [2.45, 2.75) is 37.6 Å². The first-order chi connectivity index (χ1) is 14.1.